The fourth-order valence-electron chi connectivity index (χ4n) is 6.75. The molecule has 3 aliphatic carbocycles. The second-order valence-corrected chi connectivity index (χ2v) is 12.5. The van der Waals surface area contributed by atoms with Crippen LogP contribution in [-0.2, 0) is 21.7 Å². The minimum Gasteiger partial charge on any atom is -0.508 e. The number of benzene rings is 1. The fourth-order valence-corrected chi connectivity index (χ4v) is 7.58. The van der Waals surface area contributed by atoms with Crippen molar-refractivity contribution in [1.82, 2.24) is 10.2 Å². The predicted octanol–water partition coefficient (Wildman–Crippen LogP) is 1.30. The molecular weight excluding hydrogens is 428 g/mol. The highest BCUT2D eigenvalue weighted by atomic mass is 32.2. The zero-order valence-electron chi connectivity index (χ0n) is 18.2. The van der Waals surface area contributed by atoms with Crippen LogP contribution in [0.15, 0.2) is 40.5 Å². The van der Waals surface area contributed by atoms with Crippen LogP contribution in [-0.4, -0.2) is 65.9 Å². The molecule has 2 aliphatic heterocycles. The van der Waals surface area contributed by atoms with Gasteiger partial charge in [-0.1, -0.05) is 6.07 Å². The van der Waals surface area contributed by atoms with Gasteiger partial charge in [0.15, 0.2) is 16.1 Å². The first-order chi connectivity index (χ1) is 15.1. The SMILES string of the molecule is CS(=O)(=O)C1=CC2=C(C[C@]34CCN(CC5CC5)[C@H](Cc5ccc(O)cc53)[C@]4(O)C2)NC1O. The van der Waals surface area contributed by atoms with E-state index < -0.39 is 27.1 Å². The normalized spacial score (nSPS) is 36.5. The number of rotatable bonds is 3. The maximum atomic E-state index is 12.5. The number of likely N-dealkylation sites (tertiary alicyclic amines) is 1. The lowest BCUT2D eigenvalue weighted by Gasteiger charge is -2.64. The molecule has 5 aliphatic rings. The Kier molecular flexibility index (Phi) is 4.27. The lowest BCUT2D eigenvalue weighted by molar-refractivity contribution is -0.152. The van der Waals surface area contributed by atoms with Crippen LogP contribution in [0.1, 0.15) is 43.2 Å². The topological polar surface area (TPSA) is 110 Å². The molecule has 1 aromatic rings. The van der Waals surface area contributed by atoms with Gasteiger partial charge in [0.05, 0.1) is 10.5 Å². The summed E-state index contributed by atoms with van der Waals surface area (Å²) in [7, 11) is -3.58. The number of allylic oxidation sites excluding steroid dienone is 2. The Labute approximate surface area is 188 Å². The summed E-state index contributed by atoms with van der Waals surface area (Å²) in [5.74, 6) is 0.893. The molecule has 2 bridgehead atoms. The summed E-state index contributed by atoms with van der Waals surface area (Å²) in [6.07, 6.45) is 6.13. The molecule has 172 valence electrons. The summed E-state index contributed by atoms with van der Waals surface area (Å²) in [6.45, 7) is 1.87. The molecule has 1 saturated heterocycles. The summed E-state index contributed by atoms with van der Waals surface area (Å²) in [6, 6.07) is 5.44. The van der Waals surface area contributed by atoms with E-state index in [-0.39, 0.29) is 16.7 Å². The molecular formula is C24H30N2O5S. The van der Waals surface area contributed by atoms with Crippen molar-refractivity contribution in [3.8, 4) is 5.75 Å². The van der Waals surface area contributed by atoms with Gasteiger partial charge >= 0.3 is 0 Å². The molecule has 8 heteroatoms. The zero-order chi connectivity index (χ0) is 22.5. The van der Waals surface area contributed by atoms with Gasteiger partial charge in [0.2, 0.25) is 0 Å². The highest BCUT2D eigenvalue weighted by molar-refractivity contribution is 7.94. The molecule has 0 aromatic heterocycles. The highest BCUT2D eigenvalue weighted by Crippen LogP contribution is 2.60. The van der Waals surface area contributed by atoms with Gasteiger partial charge in [-0.25, -0.2) is 8.42 Å². The Morgan fingerprint density at radius 1 is 1.25 bits per heavy atom. The first-order valence-corrected chi connectivity index (χ1v) is 13.4. The Morgan fingerprint density at radius 2 is 2.03 bits per heavy atom. The molecule has 0 radical (unpaired) electrons. The average Bonchev–Trinajstić information content (AvgIpc) is 3.52. The van der Waals surface area contributed by atoms with Crippen LogP contribution < -0.4 is 5.32 Å². The molecule has 6 rings (SSSR count). The summed E-state index contributed by atoms with van der Waals surface area (Å²) in [4.78, 5) is 2.40. The molecule has 4 N–H and O–H groups in total. The smallest absolute Gasteiger partial charge is 0.176 e. The Hall–Kier alpha value is -1.87. The Balaban J connectivity index is 1.51. The summed E-state index contributed by atoms with van der Waals surface area (Å²) < 4.78 is 24.4. The van der Waals surface area contributed by atoms with Crippen molar-refractivity contribution in [2.24, 2.45) is 5.92 Å². The number of aromatic hydroxyl groups is 1. The fraction of sp³-hybridized carbons (Fsp3) is 0.583. The van der Waals surface area contributed by atoms with E-state index in [9.17, 15) is 23.7 Å². The standard InChI is InChI=1S/C24H30N2O5S/c1-32(30,31)20-8-16-11-24(29)21-9-15-4-5-17(27)10-18(15)23(24,12-19(16)25-22(20)28)6-7-26(21)13-14-2-3-14/h4-5,8,10,14,21-22,25,27-29H,2-3,6-7,9,11-13H2,1H3/t21-,22?,23-,24-/m1/s1. The van der Waals surface area contributed by atoms with Gasteiger partial charge in [0, 0.05) is 42.8 Å². The maximum absolute atomic E-state index is 12.5. The van der Waals surface area contributed by atoms with E-state index in [2.05, 4.69) is 10.2 Å². The van der Waals surface area contributed by atoms with E-state index in [4.69, 9.17) is 0 Å². The highest BCUT2D eigenvalue weighted by Gasteiger charge is 2.65. The zero-order valence-corrected chi connectivity index (χ0v) is 19.0. The van der Waals surface area contributed by atoms with Gasteiger partial charge in [0.1, 0.15) is 5.75 Å². The third kappa shape index (κ3) is 2.86. The molecule has 32 heavy (non-hydrogen) atoms. The summed E-state index contributed by atoms with van der Waals surface area (Å²) >= 11 is 0. The van der Waals surface area contributed by atoms with Crippen LogP contribution >= 0.6 is 0 Å². The van der Waals surface area contributed by atoms with E-state index in [1.807, 2.05) is 6.07 Å². The number of fused-ring (bicyclic) bond motifs is 1. The molecule has 2 heterocycles. The molecule has 1 saturated carbocycles. The number of piperidine rings is 1. The first-order valence-electron chi connectivity index (χ1n) is 11.5. The summed E-state index contributed by atoms with van der Waals surface area (Å²) in [5, 5.41) is 36.3. The van der Waals surface area contributed by atoms with Gasteiger partial charge in [-0.3, -0.25) is 4.90 Å². The number of nitrogens with zero attached hydrogens (tertiary/aromatic N) is 1. The Morgan fingerprint density at radius 3 is 2.75 bits per heavy atom. The number of aliphatic hydroxyl groups is 2. The van der Waals surface area contributed by atoms with Crippen molar-refractivity contribution in [1.29, 1.82) is 0 Å². The molecule has 1 aromatic carbocycles. The van der Waals surface area contributed by atoms with Gasteiger partial charge in [-0.2, -0.15) is 0 Å². The Bertz CT molecular complexity index is 1170. The molecule has 2 fully saturated rings. The van der Waals surface area contributed by atoms with Crippen LogP contribution in [0.2, 0.25) is 0 Å². The number of hydrogen-bond acceptors (Lipinski definition) is 7. The van der Waals surface area contributed by atoms with E-state index in [0.717, 1.165) is 48.2 Å². The van der Waals surface area contributed by atoms with E-state index in [1.165, 1.54) is 12.8 Å². The van der Waals surface area contributed by atoms with E-state index in [0.29, 0.717) is 25.2 Å². The van der Waals surface area contributed by atoms with E-state index >= 15 is 0 Å². The lowest BCUT2D eigenvalue weighted by atomic mass is 9.49. The number of dihydropyridines is 1. The number of phenolic OH excluding ortho intramolecular Hbond substituents is 1. The monoisotopic (exact) mass is 458 g/mol. The first kappa shape index (κ1) is 20.7. The average molecular weight is 459 g/mol. The molecule has 0 spiro atoms. The van der Waals surface area contributed by atoms with Crippen molar-refractivity contribution in [3.63, 3.8) is 0 Å². The molecule has 1 unspecified atom stereocenters. The third-order valence-electron chi connectivity index (χ3n) is 8.51. The van der Waals surface area contributed by atoms with Crippen LogP contribution in [0.25, 0.3) is 0 Å². The number of aliphatic hydroxyl groups excluding tert-OH is 1. The van der Waals surface area contributed by atoms with Gasteiger partial charge in [-0.05, 0) is 73.1 Å². The number of nitrogens with one attached hydrogen (secondary N) is 1. The number of phenols is 1. The largest absolute Gasteiger partial charge is 0.508 e. The number of sulfone groups is 1. The quantitative estimate of drug-likeness (QED) is 0.540. The van der Waals surface area contributed by atoms with Crippen molar-refractivity contribution >= 4 is 9.84 Å². The van der Waals surface area contributed by atoms with Crippen LogP contribution in [0.5, 0.6) is 5.75 Å². The molecule has 4 atom stereocenters. The summed E-state index contributed by atoms with van der Waals surface area (Å²) in [5.41, 5.74) is 2.03. The minimum atomic E-state index is -3.58. The van der Waals surface area contributed by atoms with Crippen molar-refractivity contribution in [2.75, 3.05) is 19.3 Å². The lowest BCUT2D eigenvalue weighted by Crippen LogP contribution is -2.73. The molecule has 7 nitrogen and oxygen atoms in total. The van der Waals surface area contributed by atoms with Gasteiger partial charge < -0.3 is 20.6 Å². The van der Waals surface area contributed by atoms with Crippen LogP contribution in [0, 0.1) is 5.92 Å². The van der Waals surface area contributed by atoms with Gasteiger partial charge in [-0.15, -0.1) is 0 Å². The van der Waals surface area contributed by atoms with E-state index in [1.54, 1.807) is 18.2 Å². The maximum Gasteiger partial charge on any atom is 0.176 e. The molecule has 0 amide bonds. The van der Waals surface area contributed by atoms with Crippen molar-refractivity contribution in [3.05, 3.63) is 51.6 Å². The second-order valence-electron chi connectivity index (χ2n) is 10.5. The minimum absolute atomic E-state index is 0.0512. The number of hydrogen-bond donors (Lipinski definition) is 4. The van der Waals surface area contributed by atoms with Crippen molar-refractivity contribution in [2.45, 2.75) is 61.8 Å². The second kappa shape index (κ2) is 6.59. The van der Waals surface area contributed by atoms with Crippen LogP contribution in [0.3, 0.4) is 0 Å². The van der Waals surface area contributed by atoms with Crippen molar-refractivity contribution < 1.29 is 23.7 Å². The van der Waals surface area contributed by atoms with Gasteiger partial charge in [0.25, 0.3) is 0 Å². The van der Waals surface area contributed by atoms with Crippen LogP contribution in [0.4, 0.5) is 0 Å². The third-order valence-corrected chi connectivity index (χ3v) is 9.71. The predicted molar refractivity (Wildman–Crippen MR) is 119 cm³/mol.